The number of hydrogen-bond acceptors (Lipinski definition) is 4. The normalized spacial score (nSPS) is 16.4. The van der Waals surface area contributed by atoms with Crippen molar-refractivity contribution in [2.24, 2.45) is 5.84 Å². The van der Waals surface area contributed by atoms with E-state index in [4.69, 9.17) is 5.84 Å². The van der Waals surface area contributed by atoms with E-state index in [-0.39, 0.29) is 10.3 Å². The first-order chi connectivity index (χ1) is 9.51. The fourth-order valence-corrected chi connectivity index (χ4v) is 3.12. The topological polar surface area (TPSA) is 67.2 Å². The Balaban J connectivity index is 2.06. The Morgan fingerprint density at radius 1 is 1.40 bits per heavy atom. The lowest BCUT2D eigenvalue weighted by atomic mass is 9.84. The number of thioether (sulfide) groups is 1. The number of anilines is 1. The van der Waals surface area contributed by atoms with Crippen LogP contribution in [0.25, 0.3) is 0 Å². The van der Waals surface area contributed by atoms with Crippen molar-refractivity contribution in [3.05, 3.63) is 29.3 Å². The third-order valence-corrected chi connectivity index (χ3v) is 5.14. The summed E-state index contributed by atoms with van der Waals surface area (Å²) < 4.78 is 27.1. The molecule has 1 amide bonds. The Morgan fingerprint density at radius 2 is 2.00 bits per heavy atom. The van der Waals surface area contributed by atoms with Crippen molar-refractivity contribution in [1.29, 1.82) is 0 Å². The van der Waals surface area contributed by atoms with Crippen LogP contribution in [0, 0.1) is 11.6 Å². The summed E-state index contributed by atoms with van der Waals surface area (Å²) in [4.78, 5) is 11.9. The predicted octanol–water partition coefficient (Wildman–Crippen LogP) is 2.27. The quantitative estimate of drug-likeness (QED) is 0.576. The number of halogens is 2. The van der Waals surface area contributed by atoms with E-state index in [9.17, 15) is 13.6 Å². The van der Waals surface area contributed by atoms with Gasteiger partial charge in [0.05, 0.1) is 0 Å². The maximum atomic E-state index is 13.5. The van der Waals surface area contributed by atoms with E-state index < -0.39 is 23.2 Å². The SMILES string of the molecule is CSC1(CNC(=O)c2cc(F)c(NN)c(F)c2)CCC1. The van der Waals surface area contributed by atoms with Gasteiger partial charge in [-0.2, -0.15) is 11.8 Å². The number of carbonyl (C=O) groups is 1. The van der Waals surface area contributed by atoms with Crippen LogP contribution >= 0.6 is 11.8 Å². The van der Waals surface area contributed by atoms with Crippen LogP contribution in [-0.2, 0) is 0 Å². The first-order valence-electron chi connectivity index (χ1n) is 6.30. The largest absolute Gasteiger partial charge is 0.351 e. The molecule has 0 radical (unpaired) electrons. The van der Waals surface area contributed by atoms with E-state index in [0.29, 0.717) is 6.54 Å². The molecule has 0 bridgehead atoms. The average Bonchev–Trinajstić information content (AvgIpc) is 2.37. The zero-order valence-corrected chi connectivity index (χ0v) is 11.9. The highest BCUT2D eigenvalue weighted by atomic mass is 32.2. The second-order valence-corrected chi connectivity index (χ2v) is 6.16. The summed E-state index contributed by atoms with van der Waals surface area (Å²) in [5.74, 6) is 2.75. The molecule has 0 spiro atoms. The number of rotatable bonds is 5. The second kappa shape index (κ2) is 5.97. The van der Waals surface area contributed by atoms with Gasteiger partial charge in [0, 0.05) is 16.9 Å². The first kappa shape index (κ1) is 15.1. The molecule has 1 fully saturated rings. The predicted molar refractivity (Wildman–Crippen MR) is 76.6 cm³/mol. The minimum atomic E-state index is -0.888. The summed E-state index contributed by atoms with van der Waals surface area (Å²) in [6.45, 7) is 0.507. The van der Waals surface area contributed by atoms with E-state index in [0.717, 1.165) is 31.4 Å². The molecule has 1 aromatic carbocycles. The van der Waals surface area contributed by atoms with Crippen LogP contribution < -0.4 is 16.6 Å². The lowest BCUT2D eigenvalue weighted by molar-refractivity contribution is 0.0943. The van der Waals surface area contributed by atoms with E-state index >= 15 is 0 Å². The molecule has 4 nitrogen and oxygen atoms in total. The molecule has 0 aromatic heterocycles. The third-order valence-electron chi connectivity index (χ3n) is 3.72. The Labute approximate surface area is 120 Å². The van der Waals surface area contributed by atoms with Gasteiger partial charge in [-0.3, -0.25) is 10.6 Å². The van der Waals surface area contributed by atoms with E-state index in [2.05, 4.69) is 5.32 Å². The van der Waals surface area contributed by atoms with Crippen molar-refractivity contribution in [2.75, 3.05) is 18.2 Å². The van der Waals surface area contributed by atoms with Crippen molar-refractivity contribution in [3.8, 4) is 0 Å². The van der Waals surface area contributed by atoms with Crippen LogP contribution in [0.5, 0.6) is 0 Å². The smallest absolute Gasteiger partial charge is 0.251 e. The lowest BCUT2D eigenvalue weighted by Crippen LogP contribution is -2.45. The molecule has 0 unspecified atom stereocenters. The Bertz CT molecular complexity index is 492. The number of hydrazine groups is 1. The highest BCUT2D eigenvalue weighted by Crippen LogP contribution is 2.42. The summed E-state index contributed by atoms with van der Waals surface area (Å²) in [7, 11) is 0. The summed E-state index contributed by atoms with van der Waals surface area (Å²) in [5.41, 5.74) is 1.44. The van der Waals surface area contributed by atoms with Gasteiger partial charge < -0.3 is 10.7 Å². The first-order valence-corrected chi connectivity index (χ1v) is 7.53. The fourth-order valence-electron chi connectivity index (χ4n) is 2.21. The number of amides is 1. The molecule has 0 heterocycles. The monoisotopic (exact) mass is 301 g/mol. The van der Waals surface area contributed by atoms with Crippen molar-refractivity contribution in [2.45, 2.75) is 24.0 Å². The van der Waals surface area contributed by atoms with Crippen LogP contribution in [0.15, 0.2) is 12.1 Å². The molecule has 7 heteroatoms. The van der Waals surface area contributed by atoms with Gasteiger partial charge in [-0.15, -0.1) is 0 Å². The van der Waals surface area contributed by atoms with Gasteiger partial charge in [-0.1, -0.05) is 6.42 Å². The fraction of sp³-hybridized carbons (Fsp3) is 0.462. The van der Waals surface area contributed by atoms with Crippen LogP contribution in [0.2, 0.25) is 0 Å². The second-order valence-electron chi connectivity index (χ2n) is 4.88. The number of hydrogen-bond donors (Lipinski definition) is 3. The average molecular weight is 301 g/mol. The number of nitrogens with two attached hydrogens (primary N) is 1. The van der Waals surface area contributed by atoms with E-state index in [1.807, 2.05) is 11.7 Å². The van der Waals surface area contributed by atoms with Crippen LogP contribution in [0.4, 0.5) is 14.5 Å². The van der Waals surface area contributed by atoms with Gasteiger partial charge >= 0.3 is 0 Å². The van der Waals surface area contributed by atoms with Gasteiger partial charge in [-0.25, -0.2) is 8.78 Å². The zero-order valence-electron chi connectivity index (χ0n) is 11.1. The summed E-state index contributed by atoms with van der Waals surface area (Å²) in [6.07, 6.45) is 5.25. The van der Waals surface area contributed by atoms with Crippen LogP contribution in [0.1, 0.15) is 29.6 Å². The molecule has 20 heavy (non-hydrogen) atoms. The molecule has 0 saturated heterocycles. The Morgan fingerprint density at radius 3 is 2.40 bits per heavy atom. The molecule has 4 N–H and O–H groups in total. The Kier molecular flexibility index (Phi) is 4.49. The molecule has 0 aliphatic heterocycles. The van der Waals surface area contributed by atoms with Gasteiger partial charge in [0.15, 0.2) is 11.6 Å². The summed E-state index contributed by atoms with van der Waals surface area (Å²) >= 11 is 1.72. The zero-order chi connectivity index (χ0) is 14.8. The van der Waals surface area contributed by atoms with Gasteiger partial charge in [0.2, 0.25) is 0 Å². The highest BCUT2D eigenvalue weighted by molar-refractivity contribution is 8.00. The highest BCUT2D eigenvalue weighted by Gasteiger charge is 2.36. The molecule has 0 atom stereocenters. The molecular formula is C13H17F2N3OS. The third kappa shape index (κ3) is 2.88. The molecule has 1 saturated carbocycles. The molecule has 2 rings (SSSR count). The Hall–Kier alpha value is -1.34. The maximum Gasteiger partial charge on any atom is 0.251 e. The maximum absolute atomic E-state index is 13.5. The van der Waals surface area contributed by atoms with Crippen molar-refractivity contribution in [3.63, 3.8) is 0 Å². The van der Waals surface area contributed by atoms with Crippen molar-refractivity contribution < 1.29 is 13.6 Å². The molecule has 1 aromatic rings. The van der Waals surface area contributed by atoms with Crippen LogP contribution in [0.3, 0.4) is 0 Å². The number of benzene rings is 1. The molecule has 1 aliphatic carbocycles. The standard InChI is InChI=1S/C13H17F2N3OS/c1-20-13(3-2-4-13)7-17-12(19)8-5-9(14)11(18-16)10(15)6-8/h5-6,18H,2-4,7,16H2,1H3,(H,17,19). The minimum Gasteiger partial charge on any atom is -0.351 e. The minimum absolute atomic E-state index is 0.0467. The van der Waals surface area contributed by atoms with Gasteiger partial charge in [0.1, 0.15) is 5.69 Å². The van der Waals surface area contributed by atoms with E-state index in [1.165, 1.54) is 0 Å². The number of nitrogen functional groups attached to an aromatic ring is 1. The van der Waals surface area contributed by atoms with Gasteiger partial charge in [-0.05, 0) is 31.2 Å². The molecule has 1 aliphatic rings. The van der Waals surface area contributed by atoms with Gasteiger partial charge in [0.25, 0.3) is 5.91 Å². The summed E-state index contributed by atoms with van der Waals surface area (Å²) in [5, 5.41) is 2.74. The van der Waals surface area contributed by atoms with Crippen molar-refractivity contribution >= 4 is 23.4 Å². The molecular weight excluding hydrogens is 284 g/mol. The van der Waals surface area contributed by atoms with Crippen molar-refractivity contribution in [1.82, 2.24) is 5.32 Å². The number of carbonyl (C=O) groups excluding carboxylic acids is 1. The lowest BCUT2D eigenvalue weighted by Gasteiger charge is -2.40. The number of nitrogens with one attached hydrogen (secondary N) is 2. The summed E-state index contributed by atoms with van der Waals surface area (Å²) in [6, 6.07) is 1.94. The van der Waals surface area contributed by atoms with E-state index in [1.54, 1.807) is 11.8 Å². The molecule has 110 valence electrons. The van der Waals surface area contributed by atoms with Crippen LogP contribution in [-0.4, -0.2) is 23.5 Å².